The maximum Gasteiger partial charge on any atom is 0.337 e. The first-order valence-electron chi connectivity index (χ1n) is 11.1. The summed E-state index contributed by atoms with van der Waals surface area (Å²) in [7, 11) is 1.26. The maximum atomic E-state index is 13.7. The molecule has 1 N–H and O–H groups in total. The highest BCUT2D eigenvalue weighted by atomic mass is 19.1. The standard InChI is InChI=1S/C25H28FNO5/c1-13-12-18-22(23(28)19(13)24(29)31-3)21(15-8-10-16(26)11-9-15)20(14(2)27-18)25(30)32-17-6-4-5-7-17/h8-11,13,17,19,21,27H,4-7,12H2,1-3H3/t13-,19-,21-/m1/s1. The summed E-state index contributed by atoms with van der Waals surface area (Å²) in [6.07, 6.45) is 3.99. The number of nitrogens with one attached hydrogen (secondary N) is 1. The molecular formula is C25H28FNO5. The second-order valence-electron chi connectivity index (χ2n) is 8.90. The van der Waals surface area contributed by atoms with Gasteiger partial charge in [-0.25, -0.2) is 9.18 Å². The van der Waals surface area contributed by atoms with Crippen LogP contribution in [0.5, 0.6) is 0 Å². The second kappa shape index (κ2) is 8.88. The van der Waals surface area contributed by atoms with Crippen LogP contribution in [0.1, 0.15) is 57.4 Å². The van der Waals surface area contributed by atoms with Gasteiger partial charge in [0.2, 0.25) is 0 Å². The van der Waals surface area contributed by atoms with E-state index in [2.05, 4.69) is 5.32 Å². The lowest BCUT2D eigenvalue weighted by atomic mass is 9.69. The van der Waals surface area contributed by atoms with Crippen molar-refractivity contribution in [2.24, 2.45) is 11.8 Å². The number of dihydropyridines is 1. The number of Topliss-reactive ketones (excluding diaryl/α,β-unsaturated/α-hetero) is 1. The Bertz CT molecular complexity index is 1000. The van der Waals surface area contributed by atoms with Crippen molar-refractivity contribution in [2.45, 2.75) is 58.0 Å². The molecule has 3 atom stereocenters. The fourth-order valence-corrected chi connectivity index (χ4v) is 5.16. The predicted molar refractivity (Wildman–Crippen MR) is 115 cm³/mol. The molecule has 0 spiro atoms. The lowest BCUT2D eigenvalue weighted by molar-refractivity contribution is -0.151. The van der Waals surface area contributed by atoms with Gasteiger partial charge in [-0.15, -0.1) is 0 Å². The van der Waals surface area contributed by atoms with Crippen LogP contribution in [0.4, 0.5) is 4.39 Å². The summed E-state index contributed by atoms with van der Waals surface area (Å²) in [6.45, 7) is 3.62. The largest absolute Gasteiger partial charge is 0.468 e. The minimum Gasteiger partial charge on any atom is -0.468 e. The number of carbonyl (C=O) groups is 3. The molecule has 0 bridgehead atoms. The van der Waals surface area contributed by atoms with Gasteiger partial charge in [0.15, 0.2) is 5.78 Å². The monoisotopic (exact) mass is 441 g/mol. The van der Waals surface area contributed by atoms with Gasteiger partial charge < -0.3 is 14.8 Å². The zero-order valence-electron chi connectivity index (χ0n) is 18.6. The van der Waals surface area contributed by atoms with E-state index in [4.69, 9.17) is 9.47 Å². The molecular weight excluding hydrogens is 413 g/mol. The molecule has 0 radical (unpaired) electrons. The van der Waals surface area contributed by atoms with Crippen molar-refractivity contribution in [3.63, 3.8) is 0 Å². The fraction of sp³-hybridized carbons (Fsp3) is 0.480. The van der Waals surface area contributed by atoms with E-state index in [9.17, 15) is 18.8 Å². The van der Waals surface area contributed by atoms with Gasteiger partial charge in [0.05, 0.1) is 12.7 Å². The van der Waals surface area contributed by atoms with E-state index in [0.29, 0.717) is 34.5 Å². The number of rotatable bonds is 4. The van der Waals surface area contributed by atoms with Crippen molar-refractivity contribution < 1.29 is 28.2 Å². The number of hydrogen-bond acceptors (Lipinski definition) is 6. The summed E-state index contributed by atoms with van der Waals surface area (Å²) >= 11 is 0. The van der Waals surface area contributed by atoms with Crippen LogP contribution in [0.25, 0.3) is 0 Å². The SMILES string of the molecule is COC(=O)[C@H]1C(=O)C2=C(C[C@H]1C)NC(C)=C(C(=O)OC1CCCC1)[C@H]2c1ccc(F)cc1. The Morgan fingerprint density at radius 3 is 2.41 bits per heavy atom. The summed E-state index contributed by atoms with van der Waals surface area (Å²) in [5.41, 5.74) is 2.58. The van der Waals surface area contributed by atoms with E-state index in [1.165, 1.54) is 19.2 Å². The van der Waals surface area contributed by atoms with Crippen molar-refractivity contribution >= 4 is 17.7 Å². The van der Waals surface area contributed by atoms with Crippen molar-refractivity contribution in [1.82, 2.24) is 5.32 Å². The molecule has 2 aliphatic carbocycles. The molecule has 1 fully saturated rings. The number of esters is 2. The highest BCUT2D eigenvalue weighted by Gasteiger charge is 2.47. The Balaban J connectivity index is 1.79. The molecule has 6 nitrogen and oxygen atoms in total. The Kier molecular flexibility index (Phi) is 6.17. The fourth-order valence-electron chi connectivity index (χ4n) is 5.16. The molecule has 0 amide bonds. The summed E-state index contributed by atoms with van der Waals surface area (Å²) in [6, 6.07) is 5.76. The van der Waals surface area contributed by atoms with E-state index in [1.54, 1.807) is 19.1 Å². The smallest absolute Gasteiger partial charge is 0.337 e. The molecule has 170 valence electrons. The Morgan fingerprint density at radius 1 is 1.12 bits per heavy atom. The van der Waals surface area contributed by atoms with Gasteiger partial charge in [-0.2, -0.15) is 0 Å². The third kappa shape index (κ3) is 3.96. The average molecular weight is 441 g/mol. The summed E-state index contributed by atoms with van der Waals surface area (Å²) in [5, 5.41) is 3.24. The average Bonchev–Trinajstić information content (AvgIpc) is 3.26. The van der Waals surface area contributed by atoms with Gasteiger partial charge in [0.25, 0.3) is 0 Å². The Hall–Kier alpha value is -2.96. The van der Waals surface area contributed by atoms with Crippen LogP contribution < -0.4 is 5.32 Å². The number of ketones is 1. The van der Waals surface area contributed by atoms with Crippen LogP contribution in [0.2, 0.25) is 0 Å². The van der Waals surface area contributed by atoms with Gasteiger partial charge in [-0.05, 0) is 62.6 Å². The molecule has 7 heteroatoms. The second-order valence-corrected chi connectivity index (χ2v) is 8.90. The zero-order valence-corrected chi connectivity index (χ0v) is 18.6. The topological polar surface area (TPSA) is 81.7 Å². The molecule has 0 unspecified atom stereocenters. The van der Waals surface area contributed by atoms with Crippen LogP contribution in [0, 0.1) is 17.7 Å². The number of methoxy groups -OCH3 is 1. The van der Waals surface area contributed by atoms with Crippen molar-refractivity contribution in [2.75, 3.05) is 7.11 Å². The van der Waals surface area contributed by atoms with E-state index in [-0.39, 0.29) is 17.8 Å². The first-order valence-corrected chi connectivity index (χ1v) is 11.1. The van der Waals surface area contributed by atoms with Gasteiger partial charge in [-0.3, -0.25) is 9.59 Å². The minimum atomic E-state index is -0.950. The van der Waals surface area contributed by atoms with E-state index >= 15 is 0 Å². The molecule has 1 aromatic rings. The Labute approximate surface area is 186 Å². The van der Waals surface area contributed by atoms with Crippen LogP contribution in [0.15, 0.2) is 46.8 Å². The van der Waals surface area contributed by atoms with Gasteiger partial charge in [0.1, 0.15) is 17.8 Å². The third-order valence-corrected chi connectivity index (χ3v) is 6.74. The molecule has 4 rings (SSSR count). The Morgan fingerprint density at radius 2 is 1.78 bits per heavy atom. The number of hydrogen-bond donors (Lipinski definition) is 1. The first kappa shape index (κ1) is 22.2. The molecule has 0 saturated heterocycles. The molecule has 1 saturated carbocycles. The van der Waals surface area contributed by atoms with Crippen LogP contribution in [-0.2, 0) is 23.9 Å². The van der Waals surface area contributed by atoms with Crippen LogP contribution >= 0.6 is 0 Å². The van der Waals surface area contributed by atoms with Gasteiger partial charge in [0, 0.05) is 22.9 Å². The van der Waals surface area contributed by atoms with Crippen LogP contribution in [0.3, 0.4) is 0 Å². The first-order chi connectivity index (χ1) is 15.3. The van der Waals surface area contributed by atoms with Crippen LogP contribution in [-0.4, -0.2) is 30.9 Å². The number of ether oxygens (including phenoxy) is 2. The number of benzene rings is 1. The van der Waals surface area contributed by atoms with Crippen molar-refractivity contribution in [3.8, 4) is 0 Å². The van der Waals surface area contributed by atoms with Gasteiger partial charge >= 0.3 is 11.9 Å². The number of carbonyl (C=O) groups excluding carboxylic acids is 3. The highest BCUT2D eigenvalue weighted by molar-refractivity contribution is 6.12. The maximum absolute atomic E-state index is 13.7. The third-order valence-electron chi connectivity index (χ3n) is 6.74. The summed E-state index contributed by atoms with van der Waals surface area (Å²) in [5.74, 6) is -3.80. The van der Waals surface area contributed by atoms with Crippen molar-refractivity contribution in [1.29, 1.82) is 0 Å². The number of halogens is 1. The van der Waals surface area contributed by atoms with E-state index in [1.807, 2.05) is 6.92 Å². The molecule has 3 aliphatic rings. The number of allylic oxidation sites excluding steroid dienone is 3. The van der Waals surface area contributed by atoms with Crippen molar-refractivity contribution in [3.05, 3.63) is 58.2 Å². The normalized spacial score (nSPS) is 26.0. The highest BCUT2D eigenvalue weighted by Crippen LogP contribution is 2.45. The summed E-state index contributed by atoms with van der Waals surface area (Å²) in [4.78, 5) is 39.3. The minimum absolute atomic E-state index is 0.142. The van der Waals surface area contributed by atoms with Gasteiger partial charge in [-0.1, -0.05) is 19.1 Å². The quantitative estimate of drug-likeness (QED) is 0.563. The van der Waals surface area contributed by atoms with E-state index < -0.39 is 29.6 Å². The molecule has 0 aromatic heterocycles. The zero-order chi connectivity index (χ0) is 23.0. The summed E-state index contributed by atoms with van der Waals surface area (Å²) < 4.78 is 24.4. The molecule has 1 heterocycles. The lowest BCUT2D eigenvalue weighted by Gasteiger charge is -2.38. The van der Waals surface area contributed by atoms with E-state index in [0.717, 1.165) is 25.7 Å². The molecule has 1 aromatic carbocycles. The molecule has 1 aliphatic heterocycles. The molecule has 32 heavy (non-hydrogen) atoms. The lowest BCUT2D eigenvalue weighted by Crippen LogP contribution is -2.43. The predicted octanol–water partition coefficient (Wildman–Crippen LogP) is 3.92.